The van der Waals surface area contributed by atoms with E-state index in [0.29, 0.717) is 25.7 Å². The van der Waals surface area contributed by atoms with Gasteiger partial charge in [-0.25, -0.2) is 0 Å². The summed E-state index contributed by atoms with van der Waals surface area (Å²) in [6.45, 7) is 3.62. The Morgan fingerprint density at radius 3 is 2.52 bits per heavy atom. The van der Waals surface area contributed by atoms with E-state index < -0.39 is 12.7 Å². The lowest BCUT2D eigenvalue weighted by atomic mass is 10.1. The molecular formula is C15H28F3IN4. The molecule has 0 aromatic heterocycles. The van der Waals surface area contributed by atoms with Crippen LogP contribution >= 0.6 is 24.0 Å². The van der Waals surface area contributed by atoms with Crippen LogP contribution in [-0.4, -0.2) is 55.8 Å². The maximum absolute atomic E-state index is 12.4. The molecule has 4 nitrogen and oxygen atoms in total. The smallest absolute Gasteiger partial charge is 0.357 e. The highest BCUT2D eigenvalue weighted by molar-refractivity contribution is 14.0. The van der Waals surface area contributed by atoms with Crippen molar-refractivity contribution < 1.29 is 13.2 Å². The third kappa shape index (κ3) is 7.91. The average Bonchev–Trinajstić information content (AvgIpc) is 3.06. The second kappa shape index (κ2) is 9.90. The van der Waals surface area contributed by atoms with Crippen molar-refractivity contribution >= 4 is 29.9 Å². The zero-order chi connectivity index (χ0) is 16.0. The Hall–Kier alpha value is -0.250. The Bertz CT molecular complexity index is 370. The highest BCUT2D eigenvalue weighted by Crippen LogP contribution is 2.23. The van der Waals surface area contributed by atoms with Crippen molar-refractivity contribution in [1.29, 1.82) is 0 Å². The van der Waals surface area contributed by atoms with Gasteiger partial charge < -0.3 is 10.6 Å². The number of alkyl halides is 3. The molecule has 0 bridgehead atoms. The molecule has 2 rings (SSSR count). The van der Waals surface area contributed by atoms with Gasteiger partial charge in [0.15, 0.2) is 5.96 Å². The van der Waals surface area contributed by atoms with Gasteiger partial charge in [0.05, 0.1) is 6.54 Å². The Kier molecular flexibility index (Phi) is 8.95. The summed E-state index contributed by atoms with van der Waals surface area (Å²) in [5.41, 5.74) is 0. The highest BCUT2D eigenvalue weighted by atomic mass is 127. The van der Waals surface area contributed by atoms with Gasteiger partial charge in [0, 0.05) is 25.7 Å². The molecule has 0 aromatic carbocycles. The van der Waals surface area contributed by atoms with E-state index in [0.717, 1.165) is 18.9 Å². The molecule has 1 heterocycles. The quantitative estimate of drug-likeness (QED) is 0.386. The van der Waals surface area contributed by atoms with Gasteiger partial charge in [0.1, 0.15) is 0 Å². The lowest BCUT2D eigenvalue weighted by Crippen LogP contribution is -2.42. The van der Waals surface area contributed by atoms with Gasteiger partial charge in [-0.15, -0.1) is 24.0 Å². The maximum Gasteiger partial charge on any atom is 0.401 e. The van der Waals surface area contributed by atoms with Crippen LogP contribution in [0.5, 0.6) is 0 Å². The van der Waals surface area contributed by atoms with Crippen molar-refractivity contribution in [2.24, 2.45) is 10.9 Å². The number of rotatable bonds is 5. The van der Waals surface area contributed by atoms with Crippen LogP contribution in [0.3, 0.4) is 0 Å². The molecule has 2 aliphatic rings. The molecule has 2 N–H and O–H groups in total. The molecular weight excluding hydrogens is 420 g/mol. The van der Waals surface area contributed by atoms with Crippen molar-refractivity contribution in [2.45, 2.75) is 51.2 Å². The van der Waals surface area contributed by atoms with Crippen LogP contribution in [0.25, 0.3) is 0 Å². The minimum atomic E-state index is -4.10. The minimum Gasteiger partial charge on any atom is -0.357 e. The minimum absolute atomic E-state index is 0. The molecule has 1 aliphatic carbocycles. The zero-order valence-corrected chi connectivity index (χ0v) is 16.0. The summed E-state index contributed by atoms with van der Waals surface area (Å²) >= 11 is 0. The molecule has 2 fully saturated rings. The van der Waals surface area contributed by atoms with E-state index in [2.05, 4.69) is 15.6 Å². The van der Waals surface area contributed by atoms with Crippen molar-refractivity contribution in [3.63, 3.8) is 0 Å². The maximum atomic E-state index is 12.4. The van der Waals surface area contributed by atoms with Crippen LogP contribution in [0.2, 0.25) is 0 Å². The summed E-state index contributed by atoms with van der Waals surface area (Å²) in [4.78, 5) is 6.06. The summed E-state index contributed by atoms with van der Waals surface area (Å²) in [5, 5.41) is 6.66. The molecule has 8 heteroatoms. The second-order valence-electron chi connectivity index (χ2n) is 6.35. The highest BCUT2D eigenvalue weighted by Gasteiger charge is 2.34. The molecule has 1 aliphatic heterocycles. The van der Waals surface area contributed by atoms with Crippen LogP contribution in [0.4, 0.5) is 13.2 Å². The number of aliphatic imine (C=N–C) groups is 1. The monoisotopic (exact) mass is 448 g/mol. The van der Waals surface area contributed by atoms with E-state index >= 15 is 0 Å². The van der Waals surface area contributed by atoms with Crippen molar-refractivity contribution in [2.75, 3.05) is 32.7 Å². The predicted octanol–water partition coefficient (Wildman–Crippen LogP) is 2.99. The van der Waals surface area contributed by atoms with E-state index in [4.69, 9.17) is 0 Å². The third-order valence-electron chi connectivity index (χ3n) is 4.32. The van der Waals surface area contributed by atoms with E-state index in [1.807, 2.05) is 6.92 Å². The largest absolute Gasteiger partial charge is 0.401 e. The number of nitrogens with zero attached hydrogens (tertiary/aromatic N) is 2. The van der Waals surface area contributed by atoms with Crippen LogP contribution in [0.1, 0.15) is 39.0 Å². The summed E-state index contributed by atoms with van der Waals surface area (Å²) in [7, 11) is 0. The second-order valence-corrected chi connectivity index (χ2v) is 6.35. The molecule has 136 valence electrons. The van der Waals surface area contributed by atoms with E-state index in [1.165, 1.54) is 30.6 Å². The first-order valence-corrected chi connectivity index (χ1v) is 8.30. The molecule has 1 unspecified atom stereocenters. The Balaban J connectivity index is 0.00000264. The number of nitrogens with one attached hydrogen (secondary N) is 2. The third-order valence-corrected chi connectivity index (χ3v) is 4.32. The molecule has 1 saturated carbocycles. The van der Waals surface area contributed by atoms with Gasteiger partial charge in [-0.05, 0) is 38.6 Å². The first-order chi connectivity index (χ1) is 10.5. The Morgan fingerprint density at radius 2 is 1.91 bits per heavy atom. The van der Waals surface area contributed by atoms with E-state index in [9.17, 15) is 13.2 Å². The SMILES string of the molecule is CCNC(=NCC1CCN(CC(F)(F)F)C1)NC1CCCC1.I. The molecule has 0 spiro atoms. The number of halogens is 4. The van der Waals surface area contributed by atoms with Gasteiger partial charge >= 0.3 is 6.18 Å². The number of likely N-dealkylation sites (tertiary alicyclic amines) is 1. The molecule has 0 radical (unpaired) electrons. The molecule has 1 atom stereocenters. The van der Waals surface area contributed by atoms with Crippen LogP contribution in [0, 0.1) is 5.92 Å². The number of hydrogen-bond acceptors (Lipinski definition) is 2. The zero-order valence-electron chi connectivity index (χ0n) is 13.7. The van der Waals surface area contributed by atoms with Crippen molar-refractivity contribution in [3.05, 3.63) is 0 Å². The lowest BCUT2D eigenvalue weighted by molar-refractivity contribution is -0.143. The van der Waals surface area contributed by atoms with Crippen LogP contribution < -0.4 is 10.6 Å². The fourth-order valence-electron chi connectivity index (χ4n) is 3.26. The first-order valence-electron chi connectivity index (χ1n) is 8.30. The fourth-order valence-corrected chi connectivity index (χ4v) is 3.26. The van der Waals surface area contributed by atoms with Crippen molar-refractivity contribution in [1.82, 2.24) is 15.5 Å². The van der Waals surface area contributed by atoms with Gasteiger partial charge in [-0.3, -0.25) is 9.89 Å². The fraction of sp³-hybridized carbons (Fsp3) is 0.933. The molecule has 0 aromatic rings. The Morgan fingerprint density at radius 1 is 1.22 bits per heavy atom. The summed E-state index contributed by atoms with van der Waals surface area (Å²) in [6.07, 6.45) is 1.55. The van der Waals surface area contributed by atoms with Crippen LogP contribution in [-0.2, 0) is 0 Å². The van der Waals surface area contributed by atoms with Crippen molar-refractivity contribution in [3.8, 4) is 0 Å². The van der Waals surface area contributed by atoms with Gasteiger partial charge in [-0.2, -0.15) is 13.2 Å². The normalized spacial score (nSPS) is 23.8. The summed E-state index contributed by atoms with van der Waals surface area (Å²) in [5.74, 6) is 1.03. The molecule has 1 saturated heterocycles. The number of guanidine groups is 1. The van der Waals surface area contributed by atoms with E-state index in [1.54, 1.807) is 0 Å². The topological polar surface area (TPSA) is 39.7 Å². The predicted molar refractivity (Wildman–Crippen MR) is 97.4 cm³/mol. The van der Waals surface area contributed by atoms with Gasteiger partial charge in [-0.1, -0.05) is 12.8 Å². The van der Waals surface area contributed by atoms with Crippen LogP contribution in [0.15, 0.2) is 4.99 Å². The van der Waals surface area contributed by atoms with Gasteiger partial charge in [0.2, 0.25) is 0 Å². The van der Waals surface area contributed by atoms with Gasteiger partial charge in [0.25, 0.3) is 0 Å². The molecule has 0 amide bonds. The molecule has 23 heavy (non-hydrogen) atoms. The van der Waals surface area contributed by atoms with E-state index in [-0.39, 0.29) is 29.9 Å². The number of hydrogen-bond donors (Lipinski definition) is 2. The lowest BCUT2D eigenvalue weighted by Gasteiger charge is -2.18. The average molecular weight is 448 g/mol. The first kappa shape index (κ1) is 20.8. The summed E-state index contributed by atoms with van der Waals surface area (Å²) < 4.78 is 37.2. The standard InChI is InChI=1S/C15H27F3N4.HI/c1-2-19-14(21-13-5-3-4-6-13)20-9-12-7-8-22(10-12)11-15(16,17)18;/h12-13H,2-11H2,1H3,(H2,19,20,21);1H. The Labute approximate surface area is 153 Å². The summed E-state index contributed by atoms with van der Waals surface area (Å²) in [6, 6.07) is 0.489.